The van der Waals surface area contributed by atoms with Gasteiger partial charge >= 0.3 is 0 Å². The number of nitrogens with two attached hydrogens (primary N) is 2. The lowest BCUT2D eigenvalue weighted by Crippen LogP contribution is -2.18. The van der Waals surface area contributed by atoms with E-state index in [4.69, 9.17) is 11.5 Å². The van der Waals surface area contributed by atoms with Gasteiger partial charge < -0.3 is 20.9 Å². The van der Waals surface area contributed by atoms with Gasteiger partial charge in [-0.25, -0.2) is 23.7 Å². The third kappa shape index (κ3) is 5.21. The molecule has 1 aromatic carbocycles. The van der Waals surface area contributed by atoms with E-state index < -0.39 is 22.4 Å². The van der Waals surface area contributed by atoms with Crippen LogP contribution in [0.5, 0.6) is 0 Å². The van der Waals surface area contributed by atoms with Crippen molar-refractivity contribution in [3.8, 4) is 11.4 Å². The van der Waals surface area contributed by atoms with E-state index in [1.165, 1.54) is 24.3 Å². The number of rotatable bonds is 7. The molecule has 1 aliphatic carbocycles. The third-order valence-corrected chi connectivity index (χ3v) is 6.31. The molecule has 184 valence electrons. The number of aryl methyl sites for hydroxylation is 1. The monoisotopic (exact) mass is 500 g/mol. The lowest BCUT2D eigenvalue weighted by Gasteiger charge is -2.21. The molecule has 12 heteroatoms. The Morgan fingerprint density at radius 1 is 1.26 bits per heavy atom. The van der Waals surface area contributed by atoms with Crippen LogP contribution in [-0.4, -0.2) is 42.9 Å². The maximum atomic E-state index is 14.9. The standard InChI is InChI=1S/C23H26F2N8OS/c1-12(26)7-18(27)29-22-19(13-5-6-13)20(17-10-32(2)11-28-17)30-23(31-22)33(3)21-15(24)8-14(35(4)34)9-16(21)25/h7-11,13H,5-6,26H2,1-4H3,(H2,27,29,30,31)/b12-7-. The summed E-state index contributed by atoms with van der Waals surface area (Å²) in [4.78, 5) is 19.3. The normalized spacial score (nSPS) is 15.4. The number of benzene rings is 1. The van der Waals surface area contributed by atoms with Gasteiger partial charge in [-0.1, -0.05) is 0 Å². The Morgan fingerprint density at radius 3 is 2.43 bits per heavy atom. The number of hydrogen-bond acceptors (Lipinski definition) is 7. The summed E-state index contributed by atoms with van der Waals surface area (Å²) in [6.45, 7) is 1.68. The molecule has 9 nitrogen and oxygen atoms in total. The summed E-state index contributed by atoms with van der Waals surface area (Å²) in [5.41, 5.74) is 13.7. The highest BCUT2D eigenvalue weighted by Crippen LogP contribution is 2.48. The molecular formula is C23H26F2N8OS. The van der Waals surface area contributed by atoms with Crippen molar-refractivity contribution in [1.82, 2.24) is 19.5 Å². The van der Waals surface area contributed by atoms with E-state index in [1.54, 1.807) is 24.0 Å². The van der Waals surface area contributed by atoms with Crippen LogP contribution in [0.25, 0.3) is 11.4 Å². The van der Waals surface area contributed by atoms with E-state index in [-0.39, 0.29) is 34.1 Å². The Labute approximate surface area is 204 Å². The molecule has 0 spiro atoms. The Bertz CT molecular complexity index is 1350. The number of nitrogens with zero attached hydrogens (tertiary/aromatic N) is 6. The molecule has 0 amide bonds. The van der Waals surface area contributed by atoms with Gasteiger partial charge in [0.2, 0.25) is 5.95 Å². The summed E-state index contributed by atoms with van der Waals surface area (Å²) in [6.07, 6.45) is 8.13. The van der Waals surface area contributed by atoms with Crippen LogP contribution in [0.2, 0.25) is 0 Å². The van der Waals surface area contributed by atoms with E-state index in [9.17, 15) is 13.0 Å². The molecule has 2 heterocycles. The second-order valence-corrected chi connectivity index (χ2v) is 9.86. The zero-order valence-corrected chi connectivity index (χ0v) is 20.6. The largest absolute Gasteiger partial charge is 0.402 e. The number of aliphatic imine (C=N–C) groups is 1. The minimum Gasteiger partial charge on any atom is -0.402 e. The second-order valence-electron chi connectivity index (χ2n) is 8.48. The summed E-state index contributed by atoms with van der Waals surface area (Å²) < 4.78 is 43.4. The lowest BCUT2D eigenvalue weighted by molar-refractivity contribution is 0.576. The van der Waals surface area contributed by atoms with Gasteiger partial charge in [-0.15, -0.1) is 0 Å². The molecule has 1 fully saturated rings. The molecule has 3 aromatic rings. The molecule has 1 unspecified atom stereocenters. The van der Waals surface area contributed by atoms with Crippen LogP contribution >= 0.6 is 0 Å². The van der Waals surface area contributed by atoms with Crippen LogP contribution in [-0.2, 0) is 17.8 Å². The molecule has 35 heavy (non-hydrogen) atoms. The van der Waals surface area contributed by atoms with Crippen molar-refractivity contribution in [2.75, 3.05) is 18.2 Å². The molecule has 0 radical (unpaired) electrons. The fraction of sp³-hybridized carbons (Fsp3) is 0.304. The number of amidine groups is 1. The fourth-order valence-electron chi connectivity index (χ4n) is 3.68. The molecule has 1 saturated carbocycles. The predicted octanol–water partition coefficient (Wildman–Crippen LogP) is 3.39. The van der Waals surface area contributed by atoms with Gasteiger partial charge in [0.05, 0.1) is 6.33 Å². The van der Waals surface area contributed by atoms with E-state index in [0.717, 1.165) is 30.5 Å². The van der Waals surface area contributed by atoms with Gasteiger partial charge in [-0.05, 0) is 43.9 Å². The van der Waals surface area contributed by atoms with Crippen molar-refractivity contribution in [1.29, 1.82) is 0 Å². The smallest absolute Gasteiger partial charge is 0.232 e. The van der Waals surface area contributed by atoms with E-state index in [1.807, 2.05) is 7.05 Å². The number of hydrogen-bond donors (Lipinski definition) is 2. The Hall–Kier alpha value is -3.67. The first-order valence-electron chi connectivity index (χ1n) is 10.8. The zero-order chi connectivity index (χ0) is 25.4. The minimum absolute atomic E-state index is 0.00164. The minimum atomic E-state index is -1.55. The van der Waals surface area contributed by atoms with Crippen LogP contribution in [0.3, 0.4) is 0 Å². The van der Waals surface area contributed by atoms with Crippen LogP contribution in [0.15, 0.2) is 46.3 Å². The van der Waals surface area contributed by atoms with Crippen LogP contribution in [0.4, 0.5) is 26.2 Å². The summed E-state index contributed by atoms with van der Waals surface area (Å²) in [6, 6.07) is 2.07. The maximum Gasteiger partial charge on any atom is 0.232 e. The third-order valence-electron chi connectivity index (χ3n) is 5.42. The zero-order valence-electron chi connectivity index (χ0n) is 19.8. The van der Waals surface area contributed by atoms with Crippen LogP contribution in [0.1, 0.15) is 31.2 Å². The molecule has 0 aliphatic heterocycles. The molecule has 0 saturated heterocycles. The number of imidazole rings is 1. The Kier molecular flexibility index (Phi) is 6.66. The summed E-state index contributed by atoms with van der Waals surface area (Å²) in [5, 5.41) is 0. The molecule has 4 rings (SSSR count). The van der Waals surface area contributed by atoms with Crippen LogP contribution < -0.4 is 16.4 Å². The average Bonchev–Trinajstić information content (AvgIpc) is 3.51. The first-order valence-corrected chi connectivity index (χ1v) is 12.3. The van der Waals surface area contributed by atoms with Crippen molar-refractivity contribution in [3.63, 3.8) is 0 Å². The van der Waals surface area contributed by atoms with Crippen LogP contribution in [0, 0.1) is 11.6 Å². The number of aromatic nitrogens is 4. The van der Waals surface area contributed by atoms with Gasteiger partial charge in [0, 0.05) is 53.5 Å². The number of anilines is 2. The number of allylic oxidation sites excluding steroid dienone is 1. The molecule has 1 aliphatic rings. The Balaban J connectivity index is 1.94. The van der Waals surface area contributed by atoms with Gasteiger partial charge in [0.25, 0.3) is 0 Å². The second kappa shape index (κ2) is 9.53. The molecule has 4 N–H and O–H groups in total. The van der Waals surface area contributed by atoms with Crippen molar-refractivity contribution in [3.05, 3.63) is 53.6 Å². The highest BCUT2D eigenvalue weighted by molar-refractivity contribution is 7.84. The quantitative estimate of drug-likeness (QED) is 0.376. The Morgan fingerprint density at radius 2 is 1.91 bits per heavy atom. The van der Waals surface area contributed by atoms with E-state index >= 15 is 0 Å². The summed E-state index contributed by atoms with van der Waals surface area (Å²) in [5.74, 6) is -1.20. The molecule has 1 atom stereocenters. The van der Waals surface area contributed by atoms with E-state index in [2.05, 4.69) is 19.9 Å². The fourth-order valence-corrected chi connectivity index (χ4v) is 4.21. The predicted molar refractivity (Wildman–Crippen MR) is 132 cm³/mol. The molecular weight excluding hydrogens is 474 g/mol. The average molecular weight is 501 g/mol. The van der Waals surface area contributed by atoms with Crippen molar-refractivity contribution >= 4 is 34.1 Å². The highest BCUT2D eigenvalue weighted by atomic mass is 32.2. The summed E-state index contributed by atoms with van der Waals surface area (Å²) >= 11 is 0. The van der Waals surface area contributed by atoms with Crippen molar-refractivity contribution < 1.29 is 13.0 Å². The SMILES string of the molecule is C/C(N)=C/C(N)=Nc1nc(N(C)c2c(F)cc(S(C)=O)cc2F)nc(-c2cn(C)cn2)c1C1CC1. The molecule has 2 aromatic heterocycles. The van der Waals surface area contributed by atoms with Crippen molar-refractivity contribution in [2.24, 2.45) is 23.5 Å². The van der Waals surface area contributed by atoms with Gasteiger partial charge in [0.1, 0.15) is 22.9 Å². The summed E-state index contributed by atoms with van der Waals surface area (Å²) in [7, 11) is 1.73. The highest BCUT2D eigenvalue weighted by Gasteiger charge is 2.33. The maximum absolute atomic E-state index is 14.9. The van der Waals surface area contributed by atoms with Gasteiger partial charge in [-0.2, -0.15) is 4.98 Å². The van der Waals surface area contributed by atoms with Crippen molar-refractivity contribution in [2.45, 2.75) is 30.6 Å². The first kappa shape index (κ1) is 24.5. The van der Waals surface area contributed by atoms with Gasteiger partial charge in [-0.3, -0.25) is 4.21 Å². The van der Waals surface area contributed by atoms with E-state index in [0.29, 0.717) is 17.1 Å². The number of halogens is 2. The first-order chi connectivity index (χ1) is 16.5. The van der Waals surface area contributed by atoms with Gasteiger partial charge in [0.15, 0.2) is 17.5 Å². The lowest BCUT2D eigenvalue weighted by atomic mass is 10.1. The topological polar surface area (TPSA) is 128 Å². The molecule has 0 bridgehead atoms.